The van der Waals surface area contributed by atoms with Crippen LogP contribution >= 0.6 is 11.3 Å². The van der Waals surface area contributed by atoms with E-state index in [0.29, 0.717) is 6.04 Å². The molecule has 0 spiro atoms. The Labute approximate surface area is 59.7 Å². The molecule has 0 fully saturated rings. The molecule has 0 amide bonds. The maximum Gasteiger partial charge on any atom is 0.0383 e. The lowest BCUT2D eigenvalue weighted by Gasteiger charge is -2.04. The van der Waals surface area contributed by atoms with Crippen molar-refractivity contribution < 1.29 is 0 Å². The lowest BCUT2D eigenvalue weighted by Crippen LogP contribution is -2.10. The number of rotatable bonds is 2. The van der Waals surface area contributed by atoms with E-state index in [2.05, 4.69) is 29.8 Å². The maximum atomic E-state index is 3.18. The van der Waals surface area contributed by atoms with Gasteiger partial charge in [-0.2, -0.15) is 0 Å². The third kappa shape index (κ3) is 1.53. The van der Waals surface area contributed by atoms with Crippen molar-refractivity contribution in [2.24, 2.45) is 0 Å². The molecule has 2 heteroatoms. The van der Waals surface area contributed by atoms with Gasteiger partial charge >= 0.3 is 0 Å². The molecule has 0 aliphatic heterocycles. The molecule has 1 aromatic rings. The van der Waals surface area contributed by atoms with E-state index in [4.69, 9.17) is 0 Å². The largest absolute Gasteiger partial charge is 0.313 e. The Hall–Kier alpha value is -0.340. The Morgan fingerprint density at radius 3 is 2.89 bits per heavy atom. The first-order chi connectivity index (χ1) is 4.34. The van der Waals surface area contributed by atoms with E-state index >= 15 is 0 Å². The van der Waals surface area contributed by atoms with Crippen molar-refractivity contribution >= 4 is 11.3 Å². The van der Waals surface area contributed by atoms with Crippen molar-refractivity contribution in [3.63, 3.8) is 0 Å². The van der Waals surface area contributed by atoms with Gasteiger partial charge in [-0.15, -0.1) is 11.3 Å². The third-order valence-electron chi connectivity index (χ3n) is 1.40. The highest BCUT2D eigenvalue weighted by molar-refractivity contribution is 7.10. The average Bonchev–Trinajstić information content (AvgIpc) is 2.37. The minimum Gasteiger partial charge on any atom is -0.313 e. The molecule has 1 heterocycles. The Bertz CT molecular complexity index is 157. The number of nitrogens with one attached hydrogen (secondary N) is 1. The summed E-state index contributed by atoms with van der Waals surface area (Å²) in [5.74, 6) is 0. The quantitative estimate of drug-likeness (QED) is 0.664. The summed E-state index contributed by atoms with van der Waals surface area (Å²) < 4.78 is 0. The van der Waals surface area contributed by atoms with Crippen LogP contribution in [0.2, 0.25) is 0 Å². The second-order valence-corrected chi connectivity index (χ2v) is 3.01. The van der Waals surface area contributed by atoms with Crippen LogP contribution in [0.15, 0.2) is 17.5 Å². The molecule has 0 unspecified atom stereocenters. The predicted octanol–water partition coefficient (Wildman–Crippen LogP) is 2.03. The summed E-state index contributed by atoms with van der Waals surface area (Å²) in [5, 5.41) is 5.28. The molecule has 50 valence electrons. The van der Waals surface area contributed by atoms with Crippen LogP contribution in [-0.2, 0) is 0 Å². The Balaban J connectivity index is 2.65. The summed E-state index contributed by atoms with van der Waals surface area (Å²) in [5.41, 5.74) is 0. The number of thiophene rings is 1. The van der Waals surface area contributed by atoms with Crippen LogP contribution in [0.4, 0.5) is 0 Å². The van der Waals surface area contributed by atoms with Crippen LogP contribution in [-0.4, -0.2) is 7.05 Å². The Morgan fingerprint density at radius 2 is 2.44 bits per heavy atom. The standard InChI is InChI=1S/C7H11NS/c1-6(8-2)7-4-3-5-9-7/h3-6,8H,1-2H3/t6-/m1/s1. The smallest absolute Gasteiger partial charge is 0.0383 e. The first-order valence-electron chi connectivity index (χ1n) is 3.05. The van der Waals surface area contributed by atoms with Crippen molar-refractivity contribution in [3.05, 3.63) is 22.4 Å². The van der Waals surface area contributed by atoms with Crippen LogP contribution in [0, 0.1) is 0 Å². The minimum atomic E-state index is 0.505. The lowest BCUT2D eigenvalue weighted by atomic mass is 10.3. The predicted molar refractivity (Wildman–Crippen MR) is 41.8 cm³/mol. The van der Waals surface area contributed by atoms with Crippen molar-refractivity contribution in [1.82, 2.24) is 5.32 Å². The van der Waals surface area contributed by atoms with Gasteiger partial charge in [0.2, 0.25) is 0 Å². The van der Waals surface area contributed by atoms with Crippen LogP contribution in [0.3, 0.4) is 0 Å². The van der Waals surface area contributed by atoms with Gasteiger partial charge in [-0.1, -0.05) is 6.07 Å². The van der Waals surface area contributed by atoms with Gasteiger partial charge in [-0.05, 0) is 25.4 Å². The highest BCUT2D eigenvalue weighted by Crippen LogP contribution is 2.16. The first-order valence-corrected chi connectivity index (χ1v) is 3.93. The molecule has 9 heavy (non-hydrogen) atoms. The van der Waals surface area contributed by atoms with Crippen molar-refractivity contribution in [2.75, 3.05) is 7.05 Å². The molecule has 0 bridgehead atoms. The topological polar surface area (TPSA) is 12.0 Å². The fourth-order valence-electron chi connectivity index (χ4n) is 0.680. The van der Waals surface area contributed by atoms with Crippen LogP contribution < -0.4 is 5.32 Å². The zero-order valence-corrected chi connectivity index (χ0v) is 6.53. The molecule has 0 aliphatic carbocycles. The summed E-state index contributed by atoms with van der Waals surface area (Å²) in [6, 6.07) is 4.73. The summed E-state index contributed by atoms with van der Waals surface area (Å²) in [6.45, 7) is 2.16. The van der Waals surface area contributed by atoms with Gasteiger partial charge in [0, 0.05) is 10.9 Å². The summed E-state index contributed by atoms with van der Waals surface area (Å²) >= 11 is 1.79. The average molecular weight is 141 g/mol. The molecule has 0 saturated carbocycles. The third-order valence-corrected chi connectivity index (χ3v) is 2.46. The summed E-state index contributed by atoms with van der Waals surface area (Å²) in [7, 11) is 1.98. The summed E-state index contributed by atoms with van der Waals surface area (Å²) in [4.78, 5) is 1.40. The molecule has 1 rings (SSSR count). The van der Waals surface area contributed by atoms with Crippen molar-refractivity contribution in [1.29, 1.82) is 0 Å². The fourth-order valence-corrected chi connectivity index (χ4v) is 1.47. The molecule has 0 radical (unpaired) electrons. The van der Waals surface area contributed by atoms with E-state index in [9.17, 15) is 0 Å². The van der Waals surface area contributed by atoms with Gasteiger partial charge in [0.25, 0.3) is 0 Å². The van der Waals surface area contributed by atoms with E-state index in [-0.39, 0.29) is 0 Å². The number of hydrogen-bond acceptors (Lipinski definition) is 2. The van der Waals surface area contributed by atoms with E-state index in [1.165, 1.54) is 4.88 Å². The number of hydrogen-bond donors (Lipinski definition) is 1. The monoisotopic (exact) mass is 141 g/mol. The fraction of sp³-hybridized carbons (Fsp3) is 0.429. The van der Waals surface area contributed by atoms with E-state index < -0.39 is 0 Å². The van der Waals surface area contributed by atoms with E-state index in [1.54, 1.807) is 11.3 Å². The zero-order valence-electron chi connectivity index (χ0n) is 5.72. The molecule has 1 N–H and O–H groups in total. The van der Waals surface area contributed by atoms with Crippen LogP contribution in [0.5, 0.6) is 0 Å². The van der Waals surface area contributed by atoms with Gasteiger partial charge in [-0.25, -0.2) is 0 Å². The van der Waals surface area contributed by atoms with Crippen LogP contribution in [0.25, 0.3) is 0 Å². The van der Waals surface area contributed by atoms with Gasteiger partial charge in [0.1, 0.15) is 0 Å². The van der Waals surface area contributed by atoms with E-state index in [1.807, 2.05) is 7.05 Å². The molecule has 0 aliphatic rings. The highest BCUT2D eigenvalue weighted by Gasteiger charge is 2.00. The zero-order chi connectivity index (χ0) is 6.69. The lowest BCUT2D eigenvalue weighted by molar-refractivity contribution is 0.664. The Morgan fingerprint density at radius 1 is 1.67 bits per heavy atom. The highest BCUT2D eigenvalue weighted by atomic mass is 32.1. The molecule has 1 aromatic heterocycles. The molecular weight excluding hydrogens is 130 g/mol. The van der Waals surface area contributed by atoms with Gasteiger partial charge in [0.05, 0.1) is 0 Å². The molecular formula is C7H11NS. The van der Waals surface area contributed by atoms with Crippen molar-refractivity contribution in [2.45, 2.75) is 13.0 Å². The first kappa shape index (κ1) is 6.78. The van der Waals surface area contributed by atoms with Crippen LogP contribution in [0.1, 0.15) is 17.8 Å². The second-order valence-electron chi connectivity index (χ2n) is 2.03. The van der Waals surface area contributed by atoms with Gasteiger partial charge < -0.3 is 5.32 Å². The molecule has 0 aromatic carbocycles. The molecule has 1 nitrogen and oxygen atoms in total. The molecule has 0 saturated heterocycles. The second kappa shape index (κ2) is 2.99. The normalized spacial score (nSPS) is 13.6. The van der Waals surface area contributed by atoms with Crippen molar-refractivity contribution in [3.8, 4) is 0 Å². The Kier molecular flexibility index (Phi) is 2.25. The van der Waals surface area contributed by atoms with E-state index in [0.717, 1.165) is 0 Å². The maximum absolute atomic E-state index is 3.18. The minimum absolute atomic E-state index is 0.505. The molecule has 1 atom stereocenters. The SMILES string of the molecule is CN[C@H](C)c1cccs1. The van der Waals surface area contributed by atoms with Gasteiger partial charge in [-0.3, -0.25) is 0 Å². The summed E-state index contributed by atoms with van der Waals surface area (Å²) in [6.07, 6.45) is 0. The van der Waals surface area contributed by atoms with Gasteiger partial charge in [0.15, 0.2) is 0 Å².